The van der Waals surface area contributed by atoms with Crippen LogP contribution in [0.25, 0.3) is 0 Å². The number of likely N-dealkylation sites (tertiary alicyclic amines) is 1. The number of nitrogens with zero attached hydrogens (tertiary/aromatic N) is 1. The molecule has 2 rings (SSSR count). The maximum atomic E-state index is 3.71. The molecule has 0 aliphatic carbocycles. The van der Waals surface area contributed by atoms with Gasteiger partial charge < -0.3 is 10.2 Å². The van der Waals surface area contributed by atoms with E-state index < -0.39 is 0 Å². The fourth-order valence-corrected chi connectivity index (χ4v) is 4.05. The first-order valence-electron chi connectivity index (χ1n) is 6.98. The fraction of sp³-hybridized carbons (Fsp3) is 0.714. The predicted molar refractivity (Wildman–Crippen MR) is 83.5 cm³/mol. The monoisotopic (exact) mass is 330 g/mol. The van der Waals surface area contributed by atoms with Gasteiger partial charge in [-0.3, -0.25) is 0 Å². The van der Waals surface area contributed by atoms with Crippen molar-refractivity contribution >= 4 is 27.3 Å². The minimum atomic E-state index is 0.738. The van der Waals surface area contributed by atoms with Gasteiger partial charge in [-0.25, -0.2) is 0 Å². The molecule has 0 bridgehead atoms. The Labute approximate surface area is 123 Å². The molecule has 102 valence electrons. The molecule has 4 heteroatoms. The molecule has 0 amide bonds. The second-order valence-corrected chi connectivity index (χ2v) is 7.57. The van der Waals surface area contributed by atoms with Crippen molar-refractivity contribution in [2.45, 2.75) is 38.6 Å². The van der Waals surface area contributed by atoms with Crippen LogP contribution in [0.5, 0.6) is 0 Å². The van der Waals surface area contributed by atoms with E-state index >= 15 is 0 Å². The van der Waals surface area contributed by atoms with Crippen molar-refractivity contribution in [2.75, 3.05) is 26.2 Å². The van der Waals surface area contributed by atoms with Crippen LogP contribution in [0.2, 0.25) is 0 Å². The van der Waals surface area contributed by atoms with E-state index in [2.05, 4.69) is 45.2 Å². The van der Waals surface area contributed by atoms with Crippen molar-refractivity contribution in [3.63, 3.8) is 0 Å². The molecule has 2 heterocycles. The fourth-order valence-electron chi connectivity index (χ4n) is 2.56. The van der Waals surface area contributed by atoms with Gasteiger partial charge in [-0.2, -0.15) is 0 Å². The number of piperidine rings is 1. The van der Waals surface area contributed by atoms with Gasteiger partial charge in [0.1, 0.15) is 0 Å². The smallest absolute Gasteiger partial charge is 0.0701 e. The summed E-state index contributed by atoms with van der Waals surface area (Å²) in [5, 5.41) is 3.71. The maximum Gasteiger partial charge on any atom is 0.0701 e. The molecule has 1 aromatic heterocycles. The topological polar surface area (TPSA) is 15.3 Å². The molecule has 0 saturated carbocycles. The second kappa shape index (κ2) is 7.63. The first kappa shape index (κ1) is 14.5. The van der Waals surface area contributed by atoms with Crippen molar-refractivity contribution in [3.05, 3.63) is 20.8 Å². The Morgan fingerprint density at radius 3 is 2.78 bits per heavy atom. The van der Waals surface area contributed by atoms with Gasteiger partial charge >= 0.3 is 0 Å². The van der Waals surface area contributed by atoms with Gasteiger partial charge in [0.25, 0.3) is 0 Å². The van der Waals surface area contributed by atoms with Crippen LogP contribution in [0.3, 0.4) is 0 Å². The van der Waals surface area contributed by atoms with Gasteiger partial charge in [-0.05, 0) is 73.4 Å². The average Bonchev–Trinajstić information content (AvgIpc) is 2.78. The molecule has 0 unspecified atom stereocenters. The molecule has 1 aliphatic heterocycles. The Balaban J connectivity index is 1.60. The van der Waals surface area contributed by atoms with E-state index in [0.29, 0.717) is 0 Å². The van der Waals surface area contributed by atoms with Crippen LogP contribution in [0.15, 0.2) is 15.9 Å². The third kappa shape index (κ3) is 4.65. The van der Waals surface area contributed by atoms with Crippen molar-refractivity contribution < 1.29 is 0 Å². The van der Waals surface area contributed by atoms with Gasteiger partial charge in [-0.15, -0.1) is 11.3 Å². The lowest BCUT2D eigenvalue weighted by atomic mass is 10.0. The summed E-state index contributed by atoms with van der Waals surface area (Å²) >= 11 is 5.36. The highest BCUT2D eigenvalue weighted by Gasteiger charge is 2.17. The predicted octanol–water partition coefficient (Wildman–Crippen LogP) is 3.52. The number of thiophene rings is 1. The Hall–Kier alpha value is 0.1000. The molecule has 1 aromatic rings. The average molecular weight is 331 g/mol. The molecule has 0 radical (unpaired) electrons. The van der Waals surface area contributed by atoms with Crippen LogP contribution in [0, 0.1) is 0 Å². The van der Waals surface area contributed by atoms with Crippen LogP contribution >= 0.6 is 27.3 Å². The molecular formula is C14H23BrN2S. The van der Waals surface area contributed by atoms with E-state index in [1.807, 2.05) is 11.3 Å². The van der Waals surface area contributed by atoms with E-state index in [9.17, 15) is 0 Å². The quantitative estimate of drug-likeness (QED) is 0.858. The summed E-state index contributed by atoms with van der Waals surface area (Å²) in [6.45, 7) is 7.21. The van der Waals surface area contributed by atoms with Crippen molar-refractivity contribution in [1.29, 1.82) is 0 Å². The number of hydrogen-bond acceptors (Lipinski definition) is 3. The number of rotatable bonds is 6. The van der Waals surface area contributed by atoms with Gasteiger partial charge in [0.2, 0.25) is 0 Å². The summed E-state index contributed by atoms with van der Waals surface area (Å²) in [4.78, 5) is 4.06. The van der Waals surface area contributed by atoms with Crippen molar-refractivity contribution in [2.24, 2.45) is 0 Å². The molecular weight excluding hydrogens is 308 g/mol. The third-order valence-electron chi connectivity index (χ3n) is 3.56. The van der Waals surface area contributed by atoms with Gasteiger partial charge in [-0.1, -0.05) is 6.92 Å². The van der Waals surface area contributed by atoms with Crippen molar-refractivity contribution in [1.82, 2.24) is 10.2 Å². The van der Waals surface area contributed by atoms with Crippen LogP contribution in [0.4, 0.5) is 0 Å². The SMILES string of the molecule is CCCN1CCC(NCCc2ccc(Br)s2)CC1. The summed E-state index contributed by atoms with van der Waals surface area (Å²) < 4.78 is 1.24. The van der Waals surface area contributed by atoms with Crippen LogP contribution < -0.4 is 5.32 Å². The normalized spacial score (nSPS) is 18.3. The molecule has 1 aliphatic rings. The Morgan fingerprint density at radius 1 is 1.39 bits per heavy atom. The largest absolute Gasteiger partial charge is 0.314 e. The summed E-state index contributed by atoms with van der Waals surface area (Å²) in [6.07, 6.45) is 5.07. The number of nitrogens with one attached hydrogen (secondary N) is 1. The molecule has 0 aromatic carbocycles. The van der Waals surface area contributed by atoms with Gasteiger partial charge in [0.15, 0.2) is 0 Å². The van der Waals surface area contributed by atoms with Crippen LogP contribution in [-0.2, 0) is 6.42 Å². The molecule has 0 spiro atoms. The Bertz CT molecular complexity index is 345. The first-order valence-corrected chi connectivity index (χ1v) is 8.59. The number of hydrogen-bond donors (Lipinski definition) is 1. The van der Waals surface area contributed by atoms with E-state index in [0.717, 1.165) is 19.0 Å². The lowest BCUT2D eigenvalue weighted by Gasteiger charge is -2.32. The Kier molecular flexibility index (Phi) is 6.15. The van der Waals surface area contributed by atoms with E-state index in [1.165, 1.54) is 47.6 Å². The Morgan fingerprint density at radius 2 is 2.17 bits per heavy atom. The van der Waals surface area contributed by atoms with Crippen molar-refractivity contribution in [3.8, 4) is 0 Å². The minimum Gasteiger partial charge on any atom is -0.314 e. The standard InChI is InChI=1S/C14H23BrN2S/c1-2-9-17-10-6-12(7-11-17)16-8-5-13-3-4-14(15)18-13/h3-4,12,16H,2,5-11H2,1H3. The van der Waals surface area contributed by atoms with E-state index in [4.69, 9.17) is 0 Å². The molecule has 1 N–H and O–H groups in total. The highest BCUT2D eigenvalue weighted by molar-refractivity contribution is 9.11. The zero-order chi connectivity index (χ0) is 12.8. The van der Waals surface area contributed by atoms with Crippen LogP contribution in [0.1, 0.15) is 31.1 Å². The highest BCUT2D eigenvalue weighted by Crippen LogP contribution is 2.22. The summed E-state index contributed by atoms with van der Waals surface area (Å²) in [5.74, 6) is 0. The zero-order valence-corrected chi connectivity index (χ0v) is 13.5. The van der Waals surface area contributed by atoms with Gasteiger partial charge in [0.05, 0.1) is 3.79 Å². The molecule has 1 saturated heterocycles. The summed E-state index contributed by atoms with van der Waals surface area (Å²) in [5.41, 5.74) is 0. The highest BCUT2D eigenvalue weighted by atomic mass is 79.9. The van der Waals surface area contributed by atoms with Gasteiger partial charge in [0, 0.05) is 17.5 Å². The minimum absolute atomic E-state index is 0.738. The van der Waals surface area contributed by atoms with Crippen LogP contribution in [-0.4, -0.2) is 37.1 Å². The first-order chi connectivity index (χ1) is 8.78. The molecule has 18 heavy (non-hydrogen) atoms. The lowest BCUT2D eigenvalue weighted by Crippen LogP contribution is -2.43. The second-order valence-electron chi connectivity index (χ2n) is 5.03. The molecule has 0 atom stereocenters. The summed E-state index contributed by atoms with van der Waals surface area (Å²) in [6, 6.07) is 5.10. The third-order valence-corrected chi connectivity index (χ3v) is 5.24. The summed E-state index contributed by atoms with van der Waals surface area (Å²) in [7, 11) is 0. The van der Waals surface area contributed by atoms with E-state index in [1.54, 1.807) is 0 Å². The van der Waals surface area contributed by atoms with E-state index in [-0.39, 0.29) is 0 Å². The molecule has 2 nitrogen and oxygen atoms in total. The number of halogens is 1. The maximum absolute atomic E-state index is 3.71. The molecule has 1 fully saturated rings. The zero-order valence-electron chi connectivity index (χ0n) is 11.1. The lowest BCUT2D eigenvalue weighted by molar-refractivity contribution is 0.198.